The lowest BCUT2D eigenvalue weighted by molar-refractivity contribution is -0.245. The molecule has 1 aliphatic heterocycles. The number of rotatable bonds is 6. The van der Waals surface area contributed by atoms with Gasteiger partial charge in [-0.25, -0.2) is 5.43 Å². The van der Waals surface area contributed by atoms with Gasteiger partial charge < -0.3 is 40.4 Å². The molecular weight excluding hydrogens is 681 g/mol. The first kappa shape index (κ1) is 34.8. The standard InChI is InChI=1S/C34H33Cl2N3O10/c1-13-28(40)20(37)10-23(48-13)49-22-12-34(46,14(2)38-39-33(45)15-7-8-18(35)19(36)9-15)11-17-25(22)32(44)27-26(30(17)42)29(41)16-5-4-6-21(47-3)24(16)31(27)43/h4-9,13,20,22-23,28,40,42,44,46H,10-12,37H2,1-3H3,(H,39,45)/b38-14+. The lowest BCUT2D eigenvalue weighted by Crippen LogP contribution is -2.52. The monoisotopic (exact) mass is 713 g/mol. The summed E-state index contributed by atoms with van der Waals surface area (Å²) in [5, 5.41) is 50.4. The summed E-state index contributed by atoms with van der Waals surface area (Å²) in [6.07, 6.45) is -4.71. The van der Waals surface area contributed by atoms with Crippen LogP contribution in [0, 0.1) is 0 Å². The number of nitrogens with two attached hydrogens (primary N) is 1. The number of amides is 1. The molecule has 1 heterocycles. The van der Waals surface area contributed by atoms with Gasteiger partial charge in [-0.1, -0.05) is 35.3 Å². The Bertz CT molecular complexity index is 1920. The molecule has 1 amide bonds. The van der Waals surface area contributed by atoms with Gasteiger partial charge in [-0.3, -0.25) is 14.4 Å². The third-order valence-electron chi connectivity index (χ3n) is 9.32. The van der Waals surface area contributed by atoms with Crippen molar-refractivity contribution in [2.45, 2.75) is 69.4 Å². The van der Waals surface area contributed by atoms with E-state index in [4.69, 9.17) is 43.1 Å². The minimum Gasteiger partial charge on any atom is -0.507 e. The molecule has 0 bridgehead atoms. The topological polar surface area (TPSA) is 210 Å². The lowest BCUT2D eigenvalue weighted by atomic mass is 9.71. The number of hydrogen-bond donors (Lipinski definition) is 6. The number of phenols is 2. The fourth-order valence-corrected chi connectivity index (χ4v) is 6.90. The van der Waals surface area contributed by atoms with Crippen molar-refractivity contribution in [3.05, 3.63) is 85.4 Å². The molecule has 0 saturated carbocycles. The SMILES string of the molecule is COc1cccc2c1C(=O)c1c(O)c3c(c(O)c1C2=O)CC(O)(/C(C)=N/NC(=O)c1ccc(Cl)c(Cl)c1)CC3OC1CC(N)C(O)C(C)O1. The second-order valence-electron chi connectivity index (χ2n) is 12.3. The second-order valence-corrected chi connectivity index (χ2v) is 13.2. The van der Waals surface area contributed by atoms with Crippen LogP contribution in [0.25, 0.3) is 0 Å². The van der Waals surface area contributed by atoms with E-state index in [0.717, 1.165) is 0 Å². The molecule has 1 saturated heterocycles. The van der Waals surface area contributed by atoms with Crippen molar-refractivity contribution < 1.29 is 49.0 Å². The van der Waals surface area contributed by atoms with Crippen LogP contribution in [0.3, 0.4) is 0 Å². The number of methoxy groups -OCH3 is 1. The zero-order chi connectivity index (χ0) is 35.5. The number of nitrogens with one attached hydrogen (secondary N) is 1. The molecule has 49 heavy (non-hydrogen) atoms. The summed E-state index contributed by atoms with van der Waals surface area (Å²) in [5.41, 5.74) is 5.55. The van der Waals surface area contributed by atoms with E-state index in [2.05, 4.69) is 10.5 Å². The van der Waals surface area contributed by atoms with E-state index in [1.165, 1.54) is 50.4 Å². The number of phenolic OH excluding ortho intramolecular Hbond substituents is 2. The Morgan fingerprint density at radius 2 is 1.80 bits per heavy atom. The van der Waals surface area contributed by atoms with E-state index in [1.54, 1.807) is 6.92 Å². The van der Waals surface area contributed by atoms with Gasteiger partial charge in [0.15, 0.2) is 12.1 Å². The predicted octanol–water partition coefficient (Wildman–Crippen LogP) is 3.55. The lowest BCUT2D eigenvalue weighted by Gasteiger charge is -2.42. The molecule has 1 fully saturated rings. The number of benzene rings is 3. The van der Waals surface area contributed by atoms with E-state index >= 15 is 0 Å². The van der Waals surface area contributed by atoms with E-state index in [1.807, 2.05) is 0 Å². The summed E-state index contributed by atoms with van der Waals surface area (Å²) in [6, 6.07) is 7.92. The number of nitrogens with zero attached hydrogens (tertiary/aromatic N) is 1. The van der Waals surface area contributed by atoms with Crippen LogP contribution < -0.4 is 15.9 Å². The summed E-state index contributed by atoms with van der Waals surface area (Å²) >= 11 is 12.0. The zero-order valence-electron chi connectivity index (χ0n) is 26.5. The summed E-state index contributed by atoms with van der Waals surface area (Å²) in [6.45, 7) is 3.04. The van der Waals surface area contributed by atoms with Crippen molar-refractivity contribution in [2.75, 3.05) is 7.11 Å². The number of aliphatic hydroxyl groups excluding tert-OH is 1. The Balaban J connectivity index is 1.44. The molecule has 0 aromatic heterocycles. The average molecular weight is 715 g/mol. The maximum Gasteiger partial charge on any atom is 0.271 e. The highest BCUT2D eigenvalue weighted by Crippen LogP contribution is 2.52. The number of halogens is 2. The van der Waals surface area contributed by atoms with Gasteiger partial charge in [0, 0.05) is 47.6 Å². The van der Waals surface area contributed by atoms with Gasteiger partial charge in [0.25, 0.3) is 5.91 Å². The third-order valence-corrected chi connectivity index (χ3v) is 10.1. The number of aliphatic hydroxyl groups is 2. The van der Waals surface area contributed by atoms with Crippen LogP contribution in [-0.2, 0) is 15.9 Å². The minimum atomic E-state index is -1.94. The quantitative estimate of drug-likeness (QED) is 0.0966. The molecule has 6 rings (SSSR count). The number of carbonyl (C=O) groups is 3. The average Bonchev–Trinajstić information content (AvgIpc) is 3.06. The fraction of sp³-hybridized carbons (Fsp3) is 0.353. The molecular formula is C34H33Cl2N3O10. The first-order valence-corrected chi connectivity index (χ1v) is 16.1. The maximum atomic E-state index is 13.9. The largest absolute Gasteiger partial charge is 0.507 e. The van der Waals surface area contributed by atoms with Crippen molar-refractivity contribution in [1.29, 1.82) is 0 Å². The van der Waals surface area contributed by atoms with Gasteiger partial charge >= 0.3 is 0 Å². The molecule has 258 valence electrons. The van der Waals surface area contributed by atoms with Crippen LogP contribution in [0.4, 0.5) is 0 Å². The molecule has 6 unspecified atom stereocenters. The van der Waals surface area contributed by atoms with Gasteiger partial charge in [0.05, 0.1) is 57.9 Å². The highest BCUT2D eigenvalue weighted by Gasteiger charge is 2.49. The van der Waals surface area contributed by atoms with Gasteiger partial charge in [-0.15, -0.1) is 0 Å². The normalized spacial score (nSPS) is 26.4. The van der Waals surface area contributed by atoms with Crippen LogP contribution in [0.1, 0.15) is 86.1 Å². The second kappa shape index (κ2) is 13.0. The van der Waals surface area contributed by atoms with Crippen molar-refractivity contribution in [2.24, 2.45) is 10.8 Å². The molecule has 3 aromatic carbocycles. The Morgan fingerprint density at radius 3 is 2.47 bits per heavy atom. The van der Waals surface area contributed by atoms with E-state index < -0.39 is 82.8 Å². The molecule has 2 aliphatic carbocycles. The Hall–Kier alpha value is -4.08. The number of hydrazone groups is 1. The van der Waals surface area contributed by atoms with Crippen molar-refractivity contribution >= 4 is 46.4 Å². The molecule has 6 atom stereocenters. The van der Waals surface area contributed by atoms with Crippen molar-refractivity contribution in [3.8, 4) is 17.2 Å². The molecule has 13 nitrogen and oxygen atoms in total. The fourth-order valence-electron chi connectivity index (χ4n) is 6.61. The van der Waals surface area contributed by atoms with E-state index in [9.17, 15) is 34.8 Å². The summed E-state index contributed by atoms with van der Waals surface area (Å²) in [4.78, 5) is 40.6. The van der Waals surface area contributed by atoms with E-state index in [0.29, 0.717) is 0 Å². The summed E-state index contributed by atoms with van der Waals surface area (Å²) in [5.74, 6) is -3.32. The first-order valence-electron chi connectivity index (χ1n) is 15.3. The highest BCUT2D eigenvalue weighted by molar-refractivity contribution is 6.42. The van der Waals surface area contributed by atoms with Crippen LogP contribution in [0.2, 0.25) is 10.0 Å². The molecule has 3 aliphatic rings. The predicted molar refractivity (Wildman–Crippen MR) is 177 cm³/mol. The number of aromatic hydroxyl groups is 2. The Kier molecular flexibility index (Phi) is 9.22. The molecule has 0 spiro atoms. The number of fused-ring (bicyclic) bond motifs is 3. The smallest absolute Gasteiger partial charge is 0.271 e. The van der Waals surface area contributed by atoms with Crippen molar-refractivity contribution in [3.63, 3.8) is 0 Å². The highest BCUT2D eigenvalue weighted by atomic mass is 35.5. The number of ketones is 2. The maximum absolute atomic E-state index is 13.9. The van der Waals surface area contributed by atoms with Crippen LogP contribution >= 0.6 is 23.2 Å². The van der Waals surface area contributed by atoms with E-state index in [-0.39, 0.29) is 62.2 Å². The van der Waals surface area contributed by atoms with Gasteiger partial charge in [-0.2, -0.15) is 5.10 Å². The van der Waals surface area contributed by atoms with Crippen LogP contribution in [-0.4, -0.2) is 80.9 Å². The number of carbonyl (C=O) groups excluding carboxylic acids is 3. The van der Waals surface area contributed by atoms with Gasteiger partial charge in [0.2, 0.25) is 5.78 Å². The Labute approximate surface area is 290 Å². The summed E-state index contributed by atoms with van der Waals surface area (Å²) in [7, 11) is 1.33. The number of ether oxygens (including phenoxy) is 3. The molecule has 15 heteroatoms. The van der Waals surface area contributed by atoms with Crippen LogP contribution in [0.5, 0.6) is 17.2 Å². The van der Waals surface area contributed by atoms with Crippen molar-refractivity contribution in [1.82, 2.24) is 5.43 Å². The third kappa shape index (κ3) is 5.95. The molecule has 7 N–H and O–H groups in total. The summed E-state index contributed by atoms with van der Waals surface area (Å²) < 4.78 is 17.5. The first-order chi connectivity index (χ1) is 23.2. The Morgan fingerprint density at radius 1 is 1.08 bits per heavy atom. The van der Waals surface area contributed by atoms with Crippen LogP contribution in [0.15, 0.2) is 41.5 Å². The number of hydrogen-bond acceptors (Lipinski definition) is 12. The minimum absolute atomic E-state index is 0.0145. The van der Waals surface area contributed by atoms with Gasteiger partial charge in [-0.05, 0) is 38.1 Å². The molecule has 0 radical (unpaired) electrons. The molecule has 3 aromatic rings. The zero-order valence-corrected chi connectivity index (χ0v) is 28.0. The van der Waals surface area contributed by atoms with Gasteiger partial charge in [0.1, 0.15) is 22.8 Å².